The van der Waals surface area contributed by atoms with E-state index in [-0.39, 0.29) is 27.7 Å². The first kappa shape index (κ1) is 15.0. The largest absolute Gasteiger partial charge is 0.481 e. The molecule has 1 heterocycles. The Bertz CT molecular complexity index is 692. The number of nitrogens with zero attached hydrogens (tertiary/aromatic N) is 1. The Kier molecular flexibility index (Phi) is 4.48. The number of rotatable bonds is 3. The van der Waals surface area contributed by atoms with Crippen molar-refractivity contribution in [2.24, 2.45) is 0 Å². The summed E-state index contributed by atoms with van der Waals surface area (Å²) >= 11 is 17.9. The molecule has 0 aliphatic rings. The molecule has 0 saturated carbocycles. The maximum absolute atomic E-state index is 13.2. The highest BCUT2D eigenvalue weighted by Gasteiger charge is 2.16. The van der Waals surface area contributed by atoms with Crippen LogP contribution in [0.15, 0.2) is 24.4 Å². The SMILES string of the molecule is O=C(O)Cc1cc(F)cnc1-c1cc(Cl)cc(Cl)c1Cl. The van der Waals surface area contributed by atoms with Crippen molar-refractivity contribution in [3.05, 3.63) is 50.8 Å². The van der Waals surface area contributed by atoms with E-state index in [0.29, 0.717) is 10.6 Å². The molecule has 7 heteroatoms. The molecule has 2 rings (SSSR count). The molecule has 0 amide bonds. The zero-order valence-electron chi connectivity index (χ0n) is 9.83. The molecule has 0 unspecified atom stereocenters. The molecule has 104 valence electrons. The number of aliphatic carboxylic acids is 1. The van der Waals surface area contributed by atoms with Crippen LogP contribution in [0.3, 0.4) is 0 Å². The molecule has 0 bridgehead atoms. The van der Waals surface area contributed by atoms with E-state index in [4.69, 9.17) is 39.9 Å². The quantitative estimate of drug-likeness (QED) is 0.842. The average molecular weight is 335 g/mol. The Hall–Kier alpha value is -1.36. The molecule has 2 aromatic rings. The molecule has 0 saturated heterocycles. The number of halogens is 4. The lowest BCUT2D eigenvalue weighted by Gasteiger charge is -2.10. The topological polar surface area (TPSA) is 50.2 Å². The van der Waals surface area contributed by atoms with Gasteiger partial charge >= 0.3 is 5.97 Å². The van der Waals surface area contributed by atoms with Gasteiger partial charge in [-0.3, -0.25) is 9.78 Å². The highest BCUT2D eigenvalue weighted by molar-refractivity contribution is 6.45. The van der Waals surface area contributed by atoms with Gasteiger partial charge in [0.05, 0.1) is 28.4 Å². The first-order valence-corrected chi connectivity index (χ1v) is 6.53. The third-order valence-electron chi connectivity index (χ3n) is 2.52. The Labute approximate surface area is 128 Å². The molecule has 3 nitrogen and oxygen atoms in total. The van der Waals surface area contributed by atoms with Gasteiger partial charge in [-0.2, -0.15) is 0 Å². The van der Waals surface area contributed by atoms with Gasteiger partial charge in [0.1, 0.15) is 5.82 Å². The minimum absolute atomic E-state index is 0.182. The smallest absolute Gasteiger partial charge is 0.307 e. The second-order valence-corrected chi connectivity index (χ2v) is 5.20. The predicted octanol–water partition coefficient (Wildman–Crippen LogP) is 4.48. The van der Waals surface area contributed by atoms with E-state index in [1.807, 2.05) is 0 Å². The minimum Gasteiger partial charge on any atom is -0.481 e. The second kappa shape index (κ2) is 5.95. The van der Waals surface area contributed by atoms with Crippen molar-refractivity contribution in [1.82, 2.24) is 4.98 Å². The van der Waals surface area contributed by atoms with Crippen LogP contribution in [0, 0.1) is 5.82 Å². The molecule has 0 aliphatic carbocycles. The summed E-state index contributed by atoms with van der Waals surface area (Å²) in [5.41, 5.74) is 0.793. The van der Waals surface area contributed by atoms with E-state index in [1.54, 1.807) is 0 Å². The van der Waals surface area contributed by atoms with Crippen LogP contribution >= 0.6 is 34.8 Å². The summed E-state index contributed by atoms with van der Waals surface area (Å²) in [7, 11) is 0. The van der Waals surface area contributed by atoms with Crippen molar-refractivity contribution in [1.29, 1.82) is 0 Å². The summed E-state index contributed by atoms with van der Waals surface area (Å²) < 4.78 is 13.2. The van der Waals surface area contributed by atoms with Gasteiger partial charge < -0.3 is 5.11 Å². The van der Waals surface area contributed by atoms with Crippen molar-refractivity contribution in [2.45, 2.75) is 6.42 Å². The third kappa shape index (κ3) is 3.20. The zero-order valence-corrected chi connectivity index (χ0v) is 12.1. The number of benzene rings is 1. The summed E-state index contributed by atoms with van der Waals surface area (Å²) in [5, 5.41) is 9.59. The summed E-state index contributed by atoms with van der Waals surface area (Å²) in [6.07, 6.45) is 0.590. The van der Waals surface area contributed by atoms with Crippen LogP contribution in [0.5, 0.6) is 0 Å². The van der Waals surface area contributed by atoms with E-state index in [1.165, 1.54) is 12.1 Å². The molecular formula is C13H7Cl3FNO2. The summed E-state index contributed by atoms with van der Waals surface area (Å²) in [5.74, 6) is -1.74. The number of pyridine rings is 1. The number of hydrogen-bond acceptors (Lipinski definition) is 2. The fraction of sp³-hybridized carbons (Fsp3) is 0.0769. The highest BCUT2D eigenvalue weighted by Crippen LogP contribution is 2.37. The van der Waals surface area contributed by atoms with E-state index in [0.717, 1.165) is 12.3 Å². The third-order valence-corrected chi connectivity index (χ3v) is 3.54. The molecular weight excluding hydrogens is 328 g/mol. The van der Waals surface area contributed by atoms with E-state index >= 15 is 0 Å². The lowest BCUT2D eigenvalue weighted by molar-refractivity contribution is -0.136. The summed E-state index contributed by atoms with van der Waals surface area (Å²) in [4.78, 5) is 14.8. The zero-order chi connectivity index (χ0) is 14.9. The Morgan fingerprint density at radius 1 is 1.25 bits per heavy atom. The van der Waals surface area contributed by atoms with E-state index in [9.17, 15) is 9.18 Å². The van der Waals surface area contributed by atoms with Gasteiger partial charge in [0.2, 0.25) is 0 Å². The Morgan fingerprint density at radius 3 is 2.60 bits per heavy atom. The van der Waals surface area contributed by atoms with Gasteiger partial charge in [-0.15, -0.1) is 0 Å². The fourth-order valence-electron chi connectivity index (χ4n) is 1.75. The second-order valence-electron chi connectivity index (χ2n) is 3.98. The van der Waals surface area contributed by atoms with Crippen molar-refractivity contribution >= 4 is 40.8 Å². The molecule has 0 aliphatic heterocycles. The van der Waals surface area contributed by atoms with Crippen LogP contribution in [0.4, 0.5) is 4.39 Å². The van der Waals surface area contributed by atoms with Gasteiger partial charge in [-0.25, -0.2) is 4.39 Å². The van der Waals surface area contributed by atoms with Crippen LogP contribution in [0.25, 0.3) is 11.3 Å². The molecule has 1 aromatic heterocycles. The number of aromatic nitrogens is 1. The predicted molar refractivity (Wildman–Crippen MR) is 76.0 cm³/mol. The normalized spacial score (nSPS) is 10.6. The molecule has 0 radical (unpaired) electrons. The van der Waals surface area contributed by atoms with Gasteiger partial charge in [0.25, 0.3) is 0 Å². The molecule has 0 fully saturated rings. The number of carboxylic acids is 1. The van der Waals surface area contributed by atoms with Crippen molar-refractivity contribution in [2.75, 3.05) is 0 Å². The molecule has 0 spiro atoms. The Morgan fingerprint density at radius 2 is 1.95 bits per heavy atom. The summed E-state index contributed by atoms with van der Waals surface area (Å²) in [6, 6.07) is 4.05. The van der Waals surface area contributed by atoms with E-state index < -0.39 is 11.8 Å². The van der Waals surface area contributed by atoms with Gasteiger partial charge in [0.15, 0.2) is 0 Å². The lowest BCUT2D eigenvalue weighted by Crippen LogP contribution is -2.04. The van der Waals surface area contributed by atoms with Gasteiger partial charge in [-0.1, -0.05) is 34.8 Å². The van der Waals surface area contributed by atoms with Gasteiger partial charge in [-0.05, 0) is 23.8 Å². The number of carboxylic acid groups (broad SMARTS) is 1. The van der Waals surface area contributed by atoms with Crippen LogP contribution < -0.4 is 0 Å². The standard InChI is InChI=1S/C13H7Cl3FNO2/c14-7-3-9(12(16)10(15)4-7)13-6(2-11(19)20)1-8(17)5-18-13/h1,3-5H,2H2,(H,19,20). The minimum atomic E-state index is -1.11. The van der Waals surface area contributed by atoms with Crippen molar-refractivity contribution in [3.8, 4) is 11.3 Å². The van der Waals surface area contributed by atoms with Crippen molar-refractivity contribution in [3.63, 3.8) is 0 Å². The first-order valence-electron chi connectivity index (χ1n) is 5.39. The van der Waals surface area contributed by atoms with Gasteiger partial charge in [0, 0.05) is 10.6 Å². The molecule has 20 heavy (non-hydrogen) atoms. The Balaban J connectivity index is 2.66. The van der Waals surface area contributed by atoms with Crippen LogP contribution in [0.1, 0.15) is 5.56 Å². The number of carbonyl (C=O) groups is 1. The number of hydrogen-bond donors (Lipinski definition) is 1. The van der Waals surface area contributed by atoms with Crippen LogP contribution in [0.2, 0.25) is 15.1 Å². The van der Waals surface area contributed by atoms with Crippen LogP contribution in [-0.2, 0) is 11.2 Å². The lowest BCUT2D eigenvalue weighted by atomic mass is 10.0. The average Bonchev–Trinajstić information content (AvgIpc) is 2.33. The van der Waals surface area contributed by atoms with Crippen LogP contribution in [-0.4, -0.2) is 16.1 Å². The summed E-state index contributed by atoms with van der Waals surface area (Å²) in [6.45, 7) is 0. The molecule has 0 atom stereocenters. The van der Waals surface area contributed by atoms with E-state index in [2.05, 4.69) is 4.98 Å². The highest BCUT2D eigenvalue weighted by atomic mass is 35.5. The monoisotopic (exact) mass is 333 g/mol. The van der Waals surface area contributed by atoms with Crippen molar-refractivity contribution < 1.29 is 14.3 Å². The maximum atomic E-state index is 13.2. The molecule has 1 aromatic carbocycles. The molecule has 1 N–H and O–H groups in total. The first-order chi connectivity index (χ1) is 9.38. The maximum Gasteiger partial charge on any atom is 0.307 e. The fourth-order valence-corrected chi connectivity index (χ4v) is 2.44.